The van der Waals surface area contributed by atoms with Crippen LogP contribution in [0.3, 0.4) is 0 Å². The van der Waals surface area contributed by atoms with Crippen LogP contribution in [0.4, 0.5) is 13.2 Å². The number of hydrogen-bond donors (Lipinski definition) is 0. The summed E-state index contributed by atoms with van der Waals surface area (Å²) in [6, 6.07) is 7.17. The molecule has 0 unspecified atom stereocenters. The minimum Gasteiger partial charge on any atom is -0.378 e. The molecule has 0 atom stereocenters. The first-order valence-corrected chi connectivity index (χ1v) is 8.81. The molecule has 0 aliphatic carbocycles. The van der Waals surface area contributed by atoms with E-state index < -0.39 is 17.8 Å². The number of halogens is 4. The van der Waals surface area contributed by atoms with Crippen molar-refractivity contribution in [2.24, 2.45) is 0 Å². The molecule has 1 saturated heterocycles. The van der Waals surface area contributed by atoms with Gasteiger partial charge in [0.15, 0.2) is 11.3 Å². The van der Waals surface area contributed by atoms with Gasteiger partial charge in [-0.25, -0.2) is 9.50 Å². The summed E-state index contributed by atoms with van der Waals surface area (Å²) < 4.78 is 46.7. The maximum atomic E-state index is 13.6. The fraction of sp³-hybridized carbons (Fsp3) is 0.278. The molecular formula is C18H14ClF3N4O2. The molecule has 1 aromatic carbocycles. The largest absolute Gasteiger partial charge is 0.433 e. The van der Waals surface area contributed by atoms with Crippen LogP contribution < -0.4 is 0 Å². The van der Waals surface area contributed by atoms with E-state index in [0.29, 0.717) is 41.4 Å². The molecular weight excluding hydrogens is 397 g/mol. The van der Waals surface area contributed by atoms with Gasteiger partial charge in [-0.15, -0.1) is 0 Å². The number of aromatic nitrogens is 3. The normalized spacial score (nSPS) is 15.2. The Labute approximate surface area is 162 Å². The maximum absolute atomic E-state index is 13.6. The second-order valence-corrected chi connectivity index (χ2v) is 6.67. The number of alkyl halides is 3. The van der Waals surface area contributed by atoms with Gasteiger partial charge in [0.1, 0.15) is 5.56 Å². The first kappa shape index (κ1) is 18.7. The second-order valence-electron chi connectivity index (χ2n) is 6.23. The Morgan fingerprint density at radius 2 is 1.82 bits per heavy atom. The van der Waals surface area contributed by atoms with Gasteiger partial charge >= 0.3 is 6.18 Å². The fourth-order valence-corrected chi connectivity index (χ4v) is 3.15. The van der Waals surface area contributed by atoms with Gasteiger partial charge in [0, 0.05) is 23.7 Å². The van der Waals surface area contributed by atoms with Gasteiger partial charge in [-0.2, -0.15) is 18.3 Å². The van der Waals surface area contributed by atoms with E-state index in [2.05, 4.69) is 10.1 Å². The van der Waals surface area contributed by atoms with Gasteiger partial charge < -0.3 is 9.64 Å². The smallest absolute Gasteiger partial charge is 0.378 e. The topological polar surface area (TPSA) is 59.7 Å². The number of ether oxygens (including phenoxy) is 1. The summed E-state index contributed by atoms with van der Waals surface area (Å²) >= 11 is 5.86. The van der Waals surface area contributed by atoms with Crippen molar-refractivity contribution < 1.29 is 22.7 Å². The van der Waals surface area contributed by atoms with E-state index in [1.807, 2.05) is 0 Å². The van der Waals surface area contributed by atoms with Crippen molar-refractivity contribution in [3.63, 3.8) is 0 Å². The Morgan fingerprint density at radius 1 is 1.14 bits per heavy atom. The zero-order valence-corrected chi connectivity index (χ0v) is 15.2. The highest BCUT2D eigenvalue weighted by molar-refractivity contribution is 6.30. The molecule has 3 aromatic rings. The minimum atomic E-state index is -4.67. The predicted octanol–water partition coefficient (Wildman–Crippen LogP) is 3.54. The summed E-state index contributed by atoms with van der Waals surface area (Å²) in [5.74, 6) is -0.424. The summed E-state index contributed by atoms with van der Waals surface area (Å²) in [5.41, 5.74) is -0.612. The zero-order valence-electron chi connectivity index (χ0n) is 14.4. The molecule has 10 heteroatoms. The van der Waals surface area contributed by atoms with E-state index in [9.17, 15) is 18.0 Å². The van der Waals surface area contributed by atoms with Crippen molar-refractivity contribution in [1.82, 2.24) is 19.5 Å². The van der Waals surface area contributed by atoms with Crippen LogP contribution in [0.2, 0.25) is 5.02 Å². The molecule has 1 amide bonds. The first-order valence-electron chi connectivity index (χ1n) is 8.43. The molecule has 0 spiro atoms. The number of carbonyl (C=O) groups excluding carboxylic acids is 1. The van der Waals surface area contributed by atoms with Crippen LogP contribution in [0.15, 0.2) is 36.5 Å². The Balaban J connectivity index is 1.87. The zero-order chi connectivity index (χ0) is 19.9. The van der Waals surface area contributed by atoms with Crippen molar-refractivity contribution in [1.29, 1.82) is 0 Å². The summed E-state index contributed by atoms with van der Waals surface area (Å²) in [4.78, 5) is 18.6. The second kappa shape index (κ2) is 7.06. The van der Waals surface area contributed by atoms with Gasteiger partial charge in [-0.1, -0.05) is 23.7 Å². The Kier molecular flexibility index (Phi) is 4.72. The van der Waals surface area contributed by atoms with Gasteiger partial charge in [-0.05, 0) is 18.2 Å². The molecule has 0 N–H and O–H groups in total. The van der Waals surface area contributed by atoms with E-state index >= 15 is 0 Å². The molecule has 0 radical (unpaired) electrons. The van der Waals surface area contributed by atoms with Gasteiger partial charge in [-0.3, -0.25) is 4.79 Å². The number of amides is 1. The molecule has 1 aliphatic rings. The van der Waals surface area contributed by atoms with Crippen LogP contribution in [0, 0.1) is 0 Å². The molecule has 6 nitrogen and oxygen atoms in total. The quantitative estimate of drug-likeness (QED) is 0.648. The van der Waals surface area contributed by atoms with Crippen molar-refractivity contribution >= 4 is 23.2 Å². The van der Waals surface area contributed by atoms with Crippen LogP contribution in [-0.4, -0.2) is 51.7 Å². The Morgan fingerprint density at radius 3 is 2.46 bits per heavy atom. The summed E-state index contributed by atoms with van der Waals surface area (Å²) in [5, 5.41) is 4.24. The van der Waals surface area contributed by atoms with E-state index in [1.165, 1.54) is 4.90 Å². The average Bonchev–Trinajstić information content (AvgIpc) is 3.11. The van der Waals surface area contributed by atoms with Crippen molar-refractivity contribution in [2.45, 2.75) is 6.18 Å². The monoisotopic (exact) mass is 410 g/mol. The maximum Gasteiger partial charge on any atom is 0.433 e. The molecule has 146 valence electrons. The van der Waals surface area contributed by atoms with E-state index in [-0.39, 0.29) is 16.9 Å². The van der Waals surface area contributed by atoms with Gasteiger partial charge in [0.2, 0.25) is 0 Å². The van der Waals surface area contributed by atoms with Crippen LogP contribution in [0.1, 0.15) is 16.1 Å². The standard InChI is InChI=1S/C18H14ClF3N4O2/c19-12-3-1-11(2-4-12)14-9-15(18(20,21)22)26-16(24-14)13(10-23-26)17(27)25-5-7-28-8-6-25/h1-4,9-10H,5-8H2. The highest BCUT2D eigenvalue weighted by Crippen LogP contribution is 2.33. The Hall–Kier alpha value is -2.65. The van der Waals surface area contributed by atoms with Gasteiger partial charge in [0.05, 0.1) is 25.1 Å². The predicted molar refractivity (Wildman–Crippen MR) is 95.2 cm³/mol. The summed E-state index contributed by atoms with van der Waals surface area (Å²) in [7, 11) is 0. The van der Waals surface area contributed by atoms with E-state index in [4.69, 9.17) is 16.3 Å². The molecule has 2 aromatic heterocycles. The lowest BCUT2D eigenvalue weighted by Gasteiger charge is -2.26. The molecule has 28 heavy (non-hydrogen) atoms. The number of carbonyl (C=O) groups is 1. The molecule has 1 fully saturated rings. The van der Waals surface area contributed by atoms with Crippen LogP contribution in [0.25, 0.3) is 16.9 Å². The third-order valence-corrected chi connectivity index (χ3v) is 4.68. The highest BCUT2D eigenvalue weighted by Gasteiger charge is 2.36. The highest BCUT2D eigenvalue weighted by atomic mass is 35.5. The molecule has 4 rings (SSSR count). The molecule has 0 saturated carbocycles. The summed E-state index contributed by atoms with van der Waals surface area (Å²) in [6.45, 7) is 1.47. The number of benzene rings is 1. The number of hydrogen-bond acceptors (Lipinski definition) is 4. The van der Waals surface area contributed by atoms with Crippen LogP contribution in [0.5, 0.6) is 0 Å². The number of nitrogens with zero attached hydrogens (tertiary/aromatic N) is 4. The third-order valence-electron chi connectivity index (χ3n) is 4.43. The van der Waals surface area contributed by atoms with Crippen molar-refractivity contribution in [3.05, 3.63) is 52.8 Å². The van der Waals surface area contributed by atoms with E-state index in [0.717, 1.165) is 12.3 Å². The minimum absolute atomic E-state index is 0.0169. The summed E-state index contributed by atoms with van der Waals surface area (Å²) in [6.07, 6.45) is -3.55. The average molecular weight is 411 g/mol. The van der Waals surface area contributed by atoms with Gasteiger partial charge in [0.25, 0.3) is 5.91 Å². The number of fused-ring (bicyclic) bond motifs is 1. The Bertz CT molecular complexity index is 1030. The van der Waals surface area contributed by atoms with Crippen LogP contribution in [-0.2, 0) is 10.9 Å². The third kappa shape index (κ3) is 3.43. The fourth-order valence-electron chi connectivity index (χ4n) is 3.02. The molecule has 0 bridgehead atoms. The molecule has 1 aliphatic heterocycles. The van der Waals surface area contributed by atoms with Crippen molar-refractivity contribution in [2.75, 3.05) is 26.3 Å². The lowest BCUT2D eigenvalue weighted by molar-refractivity contribution is -0.142. The SMILES string of the molecule is O=C(c1cnn2c(C(F)(F)F)cc(-c3ccc(Cl)cc3)nc12)N1CCOCC1. The van der Waals surface area contributed by atoms with Crippen molar-refractivity contribution in [3.8, 4) is 11.3 Å². The number of morpholine rings is 1. The lowest BCUT2D eigenvalue weighted by Crippen LogP contribution is -2.40. The lowest BCUT2D eigenvalue weighted by atomic mass is 10.1. The number of rotatable bonds is 2. The van der Waals surface area contributed by atoms with Crippen LogP contribution >= 0.6 is 11.6 Å². The first-order chi connectivity index (χ1) is 13.3. The molecule has 3 heterocycles. The van der Waals surface area contributed by atoms with E-state index in [1.54, 1.807) is 24.3 Å².